The van der Waals surface area contributed by atoms with Gasteiger partial charge in [-0.05, 0) is 49.9 Å². The molecule has 0 N–H and O–H groups in total. The van der Waals surface area contributed by atoms with Crippen LogP contribution in [0.5, 0.6) is 0 Å². The highest BCUT2D eigenvalue weighted by Crippen LogP contribution is 2.20. The molecule has 2 heteroatoms. The third-order valence-corrected chi connectivity index (χ3v) is 5.91. The highest BCUT2D eigenvalue weighted by molar-refractivity contribution is 6.43. The summed E-state index contributed by atoms with van der Waals surface area (Å²) in [6.07, 6.45) is 17.6. The molecule has 0 amide bonds. The van der Waals surface area contributed by atoms with E-state index in [2.05, 4.69) is 74.5 Å². The molecule has 0 spiro atoms. The van der Waals surface area contributed by atoms with E-state index in [0.29, 0.717) is 0 Å². The van der Waals surface area contributed by atoms with Crippen molar-refractivity contribution in [3.63, 3.8) is 0 Å². The van der Waals surface area contributed by atoms with Crippen molar-refractivity contribution in [2.24, 2.45) is 9.98 Å². The van der Waals surface area contributed by atoms with Gasteiger partial charge in [-0.15, -0.1) is 0 Å². The van der Waals surface area contributed by atoms with Crippen molar-refractivity contribution >= 4 is 22.8 Å². The first-order chi connectivity index (χ1) is 15.8. The normalized spacial score (nSPS) is 12.3. The van der Waals surface area contributed by atoms with Gasteiger partial charge >= 0.3 is 0 Å². The van der Waals surface area contributed by atoms with Crippen LogP contribution in [0.3, 0.4) is 0 Å². The molecule has 2 rings (SSSR count). The van der Waals surface area contributed by atoms with Crippen LogP contribution in [-0.4, -0.2) is 11.4 Å². The largest absolute Gasteiger partial charge is 0.252 e. The Labute approximate surface area is 197 Å². The van der Waals surface area contributed by atoms with Crippen LogP contribution in [0, 0.1) is 0 Å². The van der Waals surface area contributed by atoms with Gasteiger partial charge in [0.15, 0.2) is 0 Å². The van der Waals surface area contributed by atoms with Crippen LogP contribution in [0.4, 0.5) is 11.4 Å². The minimum atomic E-state index is 1.02. The second-order valence-corrected chi connectivity index (χ2v) is 8.82. The maximum Gasteiger partial charge on any atom is 0.0633 e. The summed E-state index contributed by atoms with van der Waals surface area (Å²) in [6.45, 7) is 4.55. The van der Waals surface area contributed by atoms with Crippen molar-refractivity contribution in [1.29, 1.82) is 0 Å². The smallest absolute Gasteiger partial charge is 0.0633 e. The van der Waals surface area contributed by atoms with E-state index in [-0.39, 0.29) is 0 Å². The number of nitrogens with zero attached hydrogens (tertiary/aromatic N) is 2. The molecule has 0 unspecified atom stereocenters. The van der Waals surface area contributed by atoms with E-state index in [4.69, 9.17) is 9.98 Å². The maximum atomic E-state index is 5.10. The summed E-state index contributed by atoms with van der Waals surface area (Å²) in [5, 5.41) is 0. The van der Waals surface area contributed by atoms with Gasteiger partial charge in [-0.3, -0.25) is 9.98 Å². The molecule has 174 valence electrons. The number of rotatable bonds is 17. The Morgan fingerprint density at radius 2 is 0.812 bits per heavy atom. The average Bonchev–Trinajstić information content (AvgIpc) is 2.83. The van der Waals surface area contributed by atoms with Crippen LogP contribution < -0.4 is 0 Å². The van der Waals surface area contributed by atoms with Gasteiger partial charge in [0.1, 0.15) is 0 Å². The van der Waals surface area contributed by atoms with Gasteiger partial charge in [0, 0.05) is 0 Å². The van der Waals surface area contributed by atoms with Gasteiger partial charge in [0.05, 0.1) is 22.8 Å². The number of para-hydroxylation sites is 2. The Kier molecular flexibility index (Phi) is 14.1. The van der Waals surface area contributed by atoms with Crippen molar-refractivity contribution in [1.82, 2.24) is 0 Å². The molecule has 0 saturated carbocycles. The van der Waals surface area contributed by atoms with E-state index in [1.54, 1.807) is 0 Å². The monoisotopic (exact) mass is 432 g/mol. The maximum absolute atomic E-state index is 5.10. The number of benzene rings is 2. The number of hydrogen-bond donors (Lipinski definition) is 0. The number of unbranched alkanes of at least 4 members (excludes halogenated alkanes) is 10. The van der Waals surface area contributed by atoms with Gasteiger partial charge in [0.25, 0.3) is 0 Å². The summed E-state index contributed by atoms with van der Waals surface area (Å²) >= 11 is 0. The zero-order valence-corrected chi connectivity index (χ0v) is 20.6. The topological polar surface area (TPSA) is 24.7 Å². The van der Waals surface area contributed by atoms with Crippen LogP contribution >= 0.6 is 0 Å². The molecular formula is C30H44N2. The van der Waals surface area contributed by atoms with Crippen LogP contribution in [-0.2, 0) is 0 Å². The van der Waals surface area contributed by atoms with E-state index >= 15 is 0 Å². The molecule has 0 aliphatic heterocycles. The number of aliphatic imine (C=N–C) groups is 2. The standard InChI is InChI=1S/C30H44N2/c1-3-5-7-9-11-19-25-29(31-27-21-15-13-16-22-27)30(26-20-12-10-8-6-4-2)32-28-23-17-14-18-24-28/h13-18,21-24H,3-12,19-20,25-26H2,1-2H3. The van der Waals surface area contributed by atoms with Crippen molar-refractivity contribution in [3.05, 3.63) is 60.7 Å². The summed E-state index contributed by atoms with van der Waals surface area (Å²) < 4.78 is 0. The van der Waals surface area contributed by atoms with Gasteiger partial charge in [0.2, 0.25) is 0 Å². The van der Waals surface area contributed by atoms with Crippen molar-refractivity contribution < 1.29 is 0 Å². The van der Waals surface area contributed by atoms with Crippen molar-refractivity contribution in [3.8, 4) is 0 Å². The summed E-state index contributed by atoms with van der Waals surface area (Å²) in [7, 11) is 0. The Morgan fingerprint density at radius 1 is 0.469 bits per heavy atom. The molecule has 2 aromatic rings. The molecule has 0 aliphatic rings. The SMILES string of the molecule is CCCCCCCCC(=Nc1ccccc1)C(CCCCCCCC)=Nc1ccccc1. The Bertz CT molecular complexity index is 694. The van der Waals surface area contributed by atoms with Crippen molar-refractivity contribution in [2.75, 3.05) is 0 Å². The van der Waals surface area contributed by atoms with E-state index in [9.17, 15) is 0 Å². The predicted molar refractivity (Wildman–Crippen MR) is 143 cm³/mol. The van der Waals surface area contributed by atoms with Crippen LogP contribution in [0.15, 0.2) is 70.6 Å². The molecule has 0 aliphatic carbocycles. The van der Waals surface area contributed by atoms with Gasteiger partial charge in [-0.25, -0.2) is 0 Å². The summed E-state index contributed by atoms with van der Waals surface area (Å²) in [5.74, 6) is 0. The lowest BCUT2D eigenvalue weighted by atomic mass is 10.00. The third-order valence-electron chi connectivity index (χ3n) is 5.91. The minimum Gasteiger partial charge on any atom is -0.252 e. The third kappa shape index (κ3) is 11.4. The summed E-state index contributed by atoms with van der Waals surface area (Å²) in [4.78, 5) is 10.2. The summed E-state index contributed by atoms with van der Waals surface area (Å²) in [6, 6.07) is 20.8. The minimum absolute atomic E-state index is 1.02. The lowest BCUT2D eigenvalue weighted by Crippen LogP contribution is -2.14. The zero-order valence-electron chi connectivity index (χ0n) is 20.6. The highest BCUT2D eigenvalue weighted by atomic mass is 14.8. The molecule has 0 aromatic heterocycles. The molecule has 0 bridgehead atoms. The first-order valence-electron chi connectivity index (χ1n) is 13.1. The molecule has 2 nitrogen and oxygen atoms in total. The zero-order chi connectivity index (χ0) is 22.7. The van der Waals surface area contributed by atoms with Gasteiger partial charge in [-0.1, -0.05) is 114 Å². The predicted octanol–water partition coefficient (Wildman–Crippen LogP) is 10.0. The first kappa shape index (κ1) is 26.0. The Balaban J connectivity index is 2.14. The molecule has 0 radical (unpaired) electrons. The fourth-order valence-electron chi connectivity index (χ4n) is 3.99. The fourth-order valence-corrected chi connectivity index (χ4v) is 3.99. The van der Waals surface area contributed by atoms with Crippen LogP contribution in [0.25, 0.3) is 0 Å². The van der Waals surface area contributed by atoms with E-state index in [0.717, 1.165) is 24.2 Å². The van der Waals surface area contributed by atoms with E-state index in [1.807, 2.05) is 0 Å². The highest BCUT2D eigenvalue weighted by Gasteiger charge is 2.11. The van der Waals surface area contributed by atoms with Crippen LogP contribution in [0.1, 0.15) is 104 Å². The van der Waals surface area contributed by atoms with E-state index in [1.165, 1.54) is 88.5 Å². The Morgan fingerprint density at radius 3 is 1.19 bits per heavy atom. The Hall–Kier alpha value is -2.22. The lowest BCUT2D eigenvalue weighted by Gasteiger charge is -2.12. The number of hydrogen-bond acceptors (Lipinski definition) is 2. The molecule has 0 atom stereocenters. The molecular weight excluding hydrogens is 388 g/mol. The molecule has 2 aromatic carbocycles. The molecule has 0 heterocycles. The lowest BCUT2D eigenvalue weighted by molar-refractivity contribution is 0.613. The average molecular weight is 433 g/mol. The van der Waals surface area contributed by atoms with E-state index < -0.39 is 0 Å². The second-order valence-electron chi connectivity index (χ2n) is 8.82. The molecule has 0 saturated heterocycles. The fraction of sp³-hybridized carbons (Fsp3) is 0.533. The van der Waals surface area contributed by atoms with Gasteiger partial charge in [-0.2, -0.15) is 0 Å². The van der Waals surface area contributed by atoms with Crippen LogP contribution in [0.2, 0.25) is 0 Å². The second kappa shape index (κ2) is 17.3. The van der Waals surface area contributed by atoms with Gasteiger partial charge < -0.3 is 0 Å². The molecule has 32 heavy (non-hydrogen) atoms. The summed E-state index contributed by atoms with van der Waals surface area (Å²) in [5.41, 5.74) is 4.45. The first-order valence-corrected chi connectivity index (χ1v) is 13.1. The molecule has 0 fully saturated rings. The van der Waals surface area contributed by atoms with Crippen molar-refractivity contribution in [2.45, 2.75) is 104 Å². The quantitative estimate of drug-likeness (QED) is 0.175.